The van der Waals surface area contributed by atoms with Crippen LogP contribution in [0.3, 0.4) is 0 Å². The van der Waals surface area contributed by atoms with Crippen LogP contribution in [0, 0.1) is 0 Å². The van der Waals surface area contributed by atoms with Crippen LogP contribution in [0.1, 0.15) is 20.8 Å². The molecule has 3 atom stereocenters. The highest BCUT2D eigenvalue weighted by Gasteiger charge is 2.28. The van der Waals surface area contributed by atoms with Crippen molar-refractivity contribution in [2.24, 2.45) is 0 Å². The first kappa shape index (κ1) is 16.8. The van der Waals surface area contributed by atoms with Crippen LogP contribution < -0.4 is 0 Å². The van der Waals surface area contributed by atoms with Crippen molar-refractivity contribution >= 4 is 17.7 Å². The fraction of sp³-hybridized carbons (Fsp3) is 0.400. The molecule has 0 saturated carbocycles. The molecule has 3 unspecified atom stereocenters. The van der Waals surface area contributed by atoms with Crippen LogP contribution in [-0.2, 0) is 23.9 Å². The summed E-state index contributed by atoms with van der Waals surface area (Å²) in [6.07, 6.45) is 3.68. The Morgan fingerprint density at radius 1 is 1.48 bits per heavy atom. The molecular weight excluding hydrogens is 276 g/mol. The number of rotatable bonds is 5. The van der Waals surface area contributed by atoms with Crippen LogP contribution in [0.2, 0.25) is 0 Å². The summed E-state index contributed by atoms with van der Waals surface area (Å²) in [5.41, 5.74) is 0.420. The van der Waals surface area contributed by atoms with Gasteiger partial charge in [-0.2, -0.15) is 0 Å². The minimum Gasteiger partial charge on any atom is -0.451 e. The Hall–Kier alpha value is -2.21. The lowest BCUT2D eigenvalue weighted by atomic mass is 10.1. The molecule has 0 saturated heterocycles. The third kappa shape index (κ3) is 5.00. The van der Waals surface area contributed by atoms with E-state index in [1.165, 1.54) is 19.1 Å². The molecule has 0 aromatic carbocycles. The lowest BCUT2D eigenvalue weighted by Crippen LogP contribution is -2.35. The third-order valence-corrected chi connectivity index (χ3v) is 2.86. The van der Waals surface area contributed by atoms with Gasteiger partial charge in [-0.15, -0.1) is 0 Å². The fourth-order valence-corrected chi connectivity index (χ4v) is 1.44. The van der Waals surface area contributed by atoms with Crippen molar-refractivity contribution in [1.29, 1.82) is 0 Å². The molecule has 0 spiro atoms. The Morgan fingerprint density at radius 3 is 2.71 bits per heavy atom. The SMILES string of the molecule is CC=C(C)C(=O)OC1C=CC(=O)OC1C=CC(=O)C(C)O. The van der Waals surface area contributed by atoms with Gasteiger partial charge in [-0.1, -0.05) is 6.08 Å². The van der Waals surface area contributed by atoms with Crippen molar-refractivity contribution in [2.75, 3.05) is 0 Å². The van der Waals surface area contributed by atoms with E-state index < -0.39 is 36.0 Å². The van der Waals surface area contributed by atoms with E-state index in [4.69, 9.17) is 14.6 Å². The molecule has 6 nitrogen and oxygen atoms in total. The zero-order valence-electron chi connectivity index (χ0n) is 12.1. The second-order valence-electron chi connectivity index (χ2n) is 4.54. The molecule has 0 fully saturated rings. The average Bonchev–Trinajstić information content (AvgIpc) is 2.45. The topological polar surface area (TPSA) is 89.9 Å². The van der Waals surface area contributed by atoms with E-state index in [1.807, 2.05) is 0 Å². The molecule has 114 valence electrons. The Bertz CT molecular complexity index is 512. The van der Waals surface area contributed by atoms with Crippen LogP contribution in [-0.4, -0.2) is 41.1 Å². The number of hydrogen-bond acceptors (Lipinski definition) is 6. The quantitative estimate of drug-likeness (QED) is 0.597. The van der Waals surface area contributed by atoms with E-state index in [9.17, 15) is 14.4 Å². The molecule has 1 N–H and O–H groups in total. The third-order valence-electron chi connectivity index (χ3n) is 2.86. The van der Waals surface area contributed by atoms with E-state index in [0.717, 1.165) is 12.2 Å². The maximum atomic E-state index is 11.7. The summed E-state index contributed by atoms with van der Waals surface area (Å²) in [6, 6.07) is 0. The van der Waals surface area contributed by atoms with Gasteiger partial charge in [-0.25, -0.2) is 9.59 Å². The second kappa shape index (κ2) is 7.54. The molecule has 1 aliphatic heterocycles. The van der Waals surface area contributed by atoms with E-state index >= 15 is 0 Å². The summed E-state index contributed by atoms with van der Waals surface area (Å²) in [5, 5.41) is 9.10. The van der Waals surface area contributed by atoms with Gasteiger partial charge in [0.2, 0.25) is 0 Å². The Labute approximate surface area is 122 Å². The molecule has 1 aliphatic rings. The zero-order valence-corrected chi connectivity index (χ0v) is 12.1. The fourth-order valence-electron chi connectivity index (χ4n) is 1.44. The van der Waals surface area contributed by atoms with Crippen molar-refractivity contribution < 1.29 is 29.0 Å². The van der Waals surface area contributed by atoms with Crippen LogP contribution in [0.25, 0.3) is 0 Å². The summed E-state index contributed by atoms with van der Waals surface area (Å²) >= 11 is 0. The molecule has 0 bridgehead atoms. The lowest BCUT2D eigenvalue weighted by Gasteiger charge is -2.25. The second-order valence-corrected chi connectivity index (χ2v) is 4.54. The molecule has 1 heterocycles. The van der Waals surface area contributed by atoms with Gasteiger partial charge in [0.25, 0.3) is 0 Å². The molecule has 0 aliphatic carbocycles. The molecular formula is C15H18O6. The smallest absolute Gasteiger partial charge is 0.334 e. The minimum absolute atomic E-state index is 0.420. The van der Waals surface area contributed by atoms with Crippen molar-refractivity contribution in [3.05, 3.63) is 36.0 Å². The Kier molecular flexibility index (Phi) is 6.05. The van der Waals surface area contributed by atoms with E-state index in [0.29, 0.717) is 5.57 Å². The van der Waals surface area contributed by atoms with Crippen LogP contribution in [0.5, 0.6) is 0 Å². The van der Waals surface area contributed by atoms with Gasteiger partial charge in [-0.3, -0.25) is 4.79 Å². The largest absolute Gasteiger partial charge is 0.451 e. The molecule has 0 radical (unpaired) electrons. The molecule has 6 heteroatoms. The summed E-state index contributed by atoms with van der Waals surface area (Å²) in [4.78, 5) is 34.3. The number of aliphatic hydroxyl groups excluding tert-OH is 1. The monoisotopic (exact) mass is 294 g/mol. The maximum absolute atomic E-state index is 11.7. The number of ketones is 1. The van der Waals surface area contributed by atoms with Crippen LogP contribution in [0.4, 0.5) is 0 Å². The molecule has 1 rings (SSSR count). The van der Waals surface area contributed by atoms with Gasteiger partial charge >= 0.3 is 11.9 Å². The van der Waals surface area contributed by atoms with Gasteiger partial charge in [-0.05, 0) is 39.0 Å². The molecule has 0 aromatic heterocycles. The first-order chi connectivity index (χ1) is 9.85. The normalized spacial score (nSPS) is 23.8. The van der Waals surface area contributed by atoms with Crippen molar-refractivity contribution in [2.45, 2.75) is 39.1 Å². The van der Waals surface area contributed by atoms with Crippen LogP contribution in [0.15, 0.2) is 36.0 Å². The van der Waals surface area contributed by atoms with E-state index in [2.05, 4.69) is 0 Å². The predicted octanol–water partition coefficient (Wildman–Crippen LogP) is 0.852. The Balaban J connectivity index is 2.83. The number of carbonyl (C=O) groups is 3. The zero-order chi connectivity index (χ0) is 16.0. The summed E-state index contributed by atoms with van der Waals surface area (Å²) in [7, 11) is 0. The maximum Gasteiger partial charge on any atom is 0.334 e. The summed E-state index contributed by atoms with van der Waals surface area (Å²) in [5.74, 6) is -1.66. The number of hydrogen-bond donors (Lipinski definition) is 1. The van der Waals surface area contributed by atoms with E-state index in [-0.39, 0.29) is 0 Å². The summed E-state index contributed by atoms with van der Waals surface area (Å²) in [6.45, 7) is 4.63. The summed E-state index contributed by atoms with van der Waals surface area (Å²) < 4.78 is 10.2. The van der Waals surface area contributed by atoms with E-state index in [1.54, 1.807) is 19.9 Å². The average molecular weight is 294 g/mol. The highest BCUT2D eigenvalue weighted by Crippen LogP contribution is 2.15. The Morgan fingerprint density at radius 2 is 2.14 bits per heavy atom. The van der Waals surface area contributed by atoms with Crippen molar-refractivity contribution in [1.82, 2.24) is 0 Å². The predicted molar refractivity (Wildman–Crippen MR) is 74.2 cm³/mol. The highest BCUT2D eigenvalue weighted by molar-refractivity contribution is 5.93. The number of aliphatic hydroxyl groups is 1. The number of esters is 2. The number of allylic oxidation sites excluding steroid dienone is 1. The first-order valence-corrected chi connectivity index (χ1v) is 6.48. The van der Waals surface area contributed by atoms with Crippen molar-refractivity contribution in [3.8, 4) is 0 Å². The minimum atomic E-state index is -1.15. The van der Waals surface area contributed by atoms with Gasteiger partial charge < -0.3 is 14.6 Å². The van der Waals surface area contributed by atoms with Gasteiger partial charge in [0.05, 0.1) is 0 Å². The number of cyclic esters (lactones) is 1. The van der Waals surface area contributed by atoms with Crippen molar-refractivity contribution in [3.63, 3.8) is 0 Å². The number of ether oxygens (including phenoxy) is 2. The molecule has 21 heavy (non-hydrogen) atoms. The first-order valence-electron chi connectivity index (χ1n) is 6.48. The standard InChI is InChI=1S/C15H18O6/c1-4-9(2)15(19)21-13-7-8-14(18)20-12(13)6-5-11(17)10(3)16/h4-8,10,12-13,16H,1-3H3. The van der Waals surface area contributed by atoms with Crippen LogP contribution >= 0.6 is 0 Å². The highest BCUT2D eigenvalue weighted by atomic mass is 16.6. The van der Waals surface area contributed by atoms with Gasteiger partial charge in [0.1, 0.15) is 6.10 Å². The number of carbonyl (C=O) groups excluding carboxylic acids is 3. The lowest BCUT2D eigenvalue weighted by molar-refractivity contribution is -0.157. The van der Waals surface area contributed by atoms with Gasteiger partial charge in [0, 0.05) is 11.6 Å². The molecule has 0 aromatic rings. The molecule has 0 amide bonds. The van der Waals surface area contributed by atoms with Gasteiger partial charge in [0.15, 0.2) is 18.0 Å².